The van der Waals surface area contributed by atoms with E-state index in [0.29, 0.717) is 45.4 Å². The topological polar surface area (TPSA) is 124 Å². The first-order valence-corrected chi connectivity index (χ1v) is 13.2. The van der Waals surface area contributed by atoms with Crippen LogP contribution in [0.4, 0.5) is 5.13 Å². The number of benzene rings is 2. The van der Waals surface area contributed by atoms with Gasteiger partial charge in [0, 0.05) is 5.39 Å². The smallest absolute Gasteiger partial charge is 0.296 e. The molecule has 1 amide bonds. The number of ether oxygens (including phenoxy) is 3. The molecule has 0 fully saturated rings. The lowest BCUT2D eigenvalue weighted by Crippen LogP contribution is -2.31. The van der Waals surface area contributed by atoms with E-state index in [2.05, 4.69) is 17.1 Å². The van der Waals surface area contributed by atoms with Gasteiger partial charge >= 0.3 is 0 Å². The Bertz CT molecular complexity index is 1590. The number of fused-ring (bicyclic) bond motifs is 1. The molecule has 4 aromatic rings. The van der Waals surface area contributed by atoms with Gasteiger partial charge in [0.2, 0.25) is 10.9 Å². The fourth-order valence-corrected chi connectivity index (χ4v) is 5.19. The number of hydrogen-bond donors (Lipinski definition) is 1. The van der Waals surface area contributed by atoms with Crippen molar-refractivity contribution in [1.82, 2.24) is 10.2 Å². The molecule has 3 heterocycles. The highest BCUT2D eigenvalue weighted by Gasteiger charge is 2.47. The van der Waals surface area contributed by atoms with Crippen molar-refractivity contribution in [2.45, 2.75) is 32.7 Å². The van der Waals surface area contributed by atoms with Crippen LogP contribution in [-0.4, -0.2) is 47.8 Å². The summed E-state index contributed by atoms with van der Waals surface area (Å²) < 4.78 is 22.7. The first kappa shape index (κ1) is 26.2. The molecule has 5 rings (SSSR count). The quantitative estimate of drug-likeness (QED) is 0.200. The number of ketones is 1. The number of nitrogens with zero attached hydrogens (tertiary/aromatic N) is 3. The maximum Gasteiger partial charge on any atom is 0.296 e. The van der Waals surface area contributed by atoms with Gasteiger partial charge in [-0.3, -0.25) is 14.5 Å². The fourth-order valence-electron chi connectivity index (χ4n) is 4.48. The molecule has 0 saturated heterocycles. The van der Waals surface area contributed by atoms with Crippen molar-refractivity contribution < 1.29 is 33.3 Å². The number of anilines is 1. The van der Waals surface area contributed by atoms with Gasteiger partial charge in [0.25, 0.3) is 5.91 Å². The molecule has 1 aliphatic rings. The lowest BCUT2D eigenvalue weighted by atomic mass is 9.95. The summed E-state index contributed by atoms with van der Waals surface area (Å²) in [5, 5.41) is 20.7. The molecule has 0 saturated carbocycles. The monoisotopic (exact) mass is 549 g/mol. The Labute approximate surface area is 228 Å². The summed E-state index contributed by atoms with van der Waals surface area (Å²) in [5.41, 5.74) is 0.751. The number of Topliss-reactive ketones (excluding diaryl/α,β-unsaturated/α-hetero) is 1. The number of aliphatic hydroxyl groups is 1. The Kier molecular flexibility index (Phi) is 7.25. The number of unbranched alkanes of at least 4 members (excludes halogenated alkanes) is 1. The van der Waals surface area contributed by atoms with Gasteiger partial charge < -0.3 is 23.7 Å². The van der Waals surface area contributed by atoms with Crippen molar-refractivity contribution in [2.75, 3.05) is 25.7 Å². The van der Waals surface area contributed by atoms with Gasteiger partial charge in [-0.2, -0.15) is 0 Å². The number of methoxy groups -OCH3 is 2. The van der Waals surface area contributed by atoms with Crippen LogP contribution in [0.1, 0.15) is 46.9 Å². The third kappa shape index (κ3) is 4.69. The first-order chi connectivity index (χ1) is 18.9. The summed E-state index contributed by atoms with van der Waals surface area (Å²) in [6.45, 7) is 4.34. The van der Waals surface area contributed by atoms with Crippen molar-refractivity contribution in [2.24, 2.45) is 0 Å². The summed E-state index contributed by atoms with van der Waals surface area (Å²) in [5.74, 6) is -0.731. The summed E-state index contributed by atoms with van der Waals surface area (Å²) in [4.78, 5) is 28.6. The van der Waals surface area contributed by atoms with Crippen LogP contribution in [0, 0.1) is 6.92 Å². The number of aromatic nitrogens is 2. The van der Waals surface area contributed by atoms with E-state index in [1.54, 1.807) is 49.4 Å². The third-order valence-electron chi connectivity index (χ3n) is 6.38. The largest absolute Gasteiger partial charge is 0.503 e. The van der Waals surface area contributed by atoms with E-state index in [4.69, 9.17) is 18.6 Å². The van der Waals surface area contributed by atoms with Crippen molar-refractivity contribution >= 4 is 39.1 Å². The van der Waals surface area contributed by atoms with Crippen LogP contribution >= 0.6 is 11.3 Å². The zero-order valence-corrected chi connectivity index (χ0v) is 22.7. The molecule has 10 nitrogen and oxygen atoms in total. The number of aryl methyl sites for hydroxylation is 1. The van der Waals surface area contributed by atoms with Gasteiger partial charge in [0.15, 0.2) is 34.4 Å². The average molecular weight is 550 g/mol. The van der Waals surface area contributed by atoms with Crippen LogP contribution in [0.25, 0.3) is 11.0 Å². The van der Waals surface area contributed by atoms with Crippen molar-refractivity contribution in [1.29, 1.82) is 0 Å². The highest BCUT2D eigenvalue weighted by Crippen LogP contribution is 2.45. The van der Waals surface area contributed by atoms with E-state index in [-0.39, 0.29) is 16.5 Å². The van der Waals surface area contributed by atoms with Crippen LogP contribution in [0.2, 0.25) is 0 Å². The molecular weight excluding hydrogens is 522 g/mol. The molecule has 0 bridgehead atoms. The van der Waals surface area contributed by atoms with Crippen LogP contribution < -0.4 is 19.1 Å². The number of carbonyl (C=O) groups excluding carboxylic acids is 2. The molecule has 0 aliphatic carbocycles. The van der Waals surface area contributed by atoms with Gasteiger partial charge in [0.05, 0.1) is 32.4 Å². The van der Waals surface area contributed by atoms with Gasteiger partial charge in [-0.25, -0.2) is 0 Å². The molecule has 11 heteroatoms. The number of furan rings is 1. The number of aliphatic hydroxyl groups excluding tert-OH is 1. The number of amides is 1. The number of para-hydroxylation sites is 1. The van der Waals surface area contributed by atoms with Crippen molar-refractivity contribution in [3.8, 4) is 17.2 Å². The molecule has 202 valence electrons. The predicted molar refractivity (Wildman–Crippen MR) is 145 cm³/mol. The zero-order valence-electron chi connectivity index (χ0n) is 21.9. The second kappa shape index (κ2) is 10.8. The van der Waals surface area contributed by atoms with Gasteiger partial charge in [0.1, 0.15) is 5.01 Å². The molecule has 2 aromatic carbocycles. The zero-order chi connectivity index (χ0) is 27.7. The molecule has 1 N–H and O–H groups in total. The molecular formula is C28H27N3O7S. The van der Waals surface area contributed by atoms with Gasteiger partial charge in [-0.05, 0) is 43.2 Å². The molecule has 0 radical (unpaired) electrons. The second-order valence-corrected chi connectivity index (χ2v) is 10.0. The van der Waals surface area contributed by atoms with E-state index in [0.717, 1.165) is 12.8 Å². The van der Waals surface area contributed by atoms with Gasteiger partial charge in [-0.1, -0.05) is 42.9 Å². The Morgan fingerprint density at radius 1 is 1.10 bits per heavy atom. The second-order valence-electron chi connectivity index (χ2n) is 8.87. The molecule has 39 heavy (non-hydrogen) atoms. The Hall–Kier alpha value is -4.38. The SMILES string of the molecule is CCCCOc1ccc(C2C(C(=O)c3cc4cccc(OC)c4o3)=C(O)C(=O)N2c2nnc(C)s2)cc1OC. The number of hydrogen-bond acceptors (Lipinski definition) is 10. The average Bonchev–Trinajstić information content (AvgIpc) is 3.64. The number of carbonyl (C=O) groups is 2. The highest BCUT2D eigenvalue weighted by molar-refractivity contribution is 7.15. The van der Waals surface area contributed by atoms with Gasteiger partial charge in [-0.15, -0.1) is 10.2 Å². The lowest BCUT2D eigenvalue weighted by Gasteiger charge is -2.24. The summed E-state index contributed by atoms with van der Waals surface area (Å²) >= 11 is 1.17. The lowest BCUT2D eigenvalue weighted by molar-refractivity contribution is -0.117. The Morgan fingerprint density at radius 3 is 2.59 bits per heavy atom. The Balaban J connectivity index is 1.62. The van der Waals surface area contributed by atoms with Crippen molar-refractivity contribution in [3.63, 3.8) is 0 Å². The minimum absolute atomic E-state index is 0.0457. The highest BCUT2D eigenvalue weighted by atomic mass is 32.1. The van der Waals surface area contributed by atoms with Crippen LogP contribution in [0.5, 0.6) is 17.2 Å². The molecule has 2 aromatic heterocycles. The Morgan fingerprint density at radius 2 is 1.90 bits per heavy atom. The van der Waals surface area contributed by atoms with E-state index in [9.17, 15) is 14.7 Å². The third-order valence-corrected chi connectivity index (χ3v) is 7.22. The predicted octanol–water partition coefficient (Wildman–Crippen LogP) is 5.57. The van der Waals surface area contributed by atoms with Crippen molar-refractivity contribution in [3.05, 3.63) is 70.1 Å². The molecule has 1 aliphatic heterocycles. The maximum absolute atomic E-state index is 13.9. The summed E-state index contributed by atoms with van der Waals surface area (Å²) in [6, 6.07) is 11.0. The molecule has 0 spiro atoms. The van der Waals surface area contributed by atoms with E-state index < -0.39 is 23.5 Å². The summed E-state index contributed by atoms with van der Waals surface area (Å²) in [6.07, 6.45) is 1.85. The normalized spacial score (nSPS) is 15.3. The molecule has 1 unspecified atom stereocenters. The van der Waals surface area contributed by atoms with E-state index >= 15 is 0 Å². The van der Waals surface area contributed by atoms with Crippen LogP contribution in [0.15, 0.2) is 58.2 Å². The minimum atomic E-state index is -1.02. The van der Waals surface area contributed by atoms with Crippen LogP contribution in [0.3, 0.4) is 0 Å². The number of rotatable bonds is 10. The molecule has 1 atom stereocenters. The maximum atomic E-state index is 13.9. The first-order valence-electron chi connectivity index (χ1n) is 12.4. The van der Waals surface area contributed by atoms with Crippen LogP contribution in [-0.2, 0) is 4.79 Å². The van der Waals surface area contributed by atoms with E-state index in [1.165, 1.54) is 30.5 Å². The standard InChI is InChI=1S/C28H27N3O7S/c1-5-6-12-37-18-11-10-16(13-20(18)36-4)23-22(25(33)27(34)31(23)28-30-29-15(2)39-28)24(32)21-14-17-8-7-9-19(35-3)26(17)38-21/h7-11,13-14,23,33H,5-6,12H2,1-4H3. The minimum Gasteiger partial charge on any atom is -0.503 e. The van der Waals surface area contributed by atoms with E-state index in [1.807, 2.05) is 0 Å². The summed E-state index contributed by atoms with van der Waals surface area (Å²) in [7, 11) is 3.02. The fraction of sp³-hybridized carbons (Fsp3) is 0.286.